The Morgan fingerprint density at radius 1 is 1.50 bits per heavy atom. The molecule has 0 rings (SSSR count). The molecule has 0 saturated heterocycles. The molecule has 3 nitrogen and oxygen atoms in total. The number of hydrogen-bond acceptors (Lipinski definition) is 2. The van der Waals surface area contributed by atoms with Gasteiger partial charge in [0.25, 0.3) is 0 Å². The second-order valence-corrected chi connectivity index (χ2v) is 2.97. The van der Waals surface area contributed by atoms with Crippen LogP contribution in [0, 0.1) is 0 Å². The molecule has 0 aliphatic carbocycles. The van der Waals surface area contributed by atoms with Crippen molar-refractivity contribution in [1.29, 1.82) is 0 Å². The molecule has 0 bridgehead atoms. The van der Waals surface area contributed by atoms with E-state index in [-0.39, 0.29) is 5.91 Å². The lowest BCUT2D eigenvalue weighted by molar-refractivity contribution is -0.131. The first-order valence-corrected chi connectivity index (χ1v) is 4.61. The number of nitrogens with one attached hydrogen (secondary N) is 1. The molecule has 1 amide bonds. The van der Waals surface area contributed by atoms with Gasteiger partial charge in [-0.1, -0.05) is 6.92 Å². The van der Waals surface area contributed by atoms with E-state index in [0.717, 1.165) is 13.0 Å². The number of carbonyl (C=O) groups is 1. The molecule has 0 aromatic rings. The van der Waals surface area contributed by atoms with Gasteiger partial charge in [-0.05, 0) is 27.3 Å². The standard InChI is InChI=1S/C9H20N2O/c1-5-8(3)11(6-2)9(12)7-10-4/h8,10H,5-7H2,1-4H3. The Balaban J connectivity index is 4.04. The number of nitrogens with zero attached hydrogens (tertiary/aromatic N) is 1. The lowest BCUT2D eigenvalue weighted by Gasteiger charge is -2.27. The lowest BCUT2D eigenvalue weighted by Crippen LogP contribution is -2.42. The van der Waals surface area contributed by atoms with Crippen molar-refractivity contribution < 1.29 is 4.79 Å². The molecule has 0 aliphatic rings. The molecule has 1 N–H and O–H groups in total. The van der Waals surface area contributed by atoms with Crippen molar-refractivity contribution in [3.8, 4) is 0 Å². The van der Waals surface area contributed by atoms with Gasteiger partial charge in [-0.2, -0.15) is 0 Å². The van der Waals surface area contributed by atoms with Crippen LogP contribution in [-0.4, -0.2) is 37.0 Å². The number of likely N-dealkylation sites (N-methyl/N-ethyl adjacent to an activating group) is 2. The van der Waals surface area contributed by atoms with Gasteiger partial charge in [0.1, 0.15) is 0 Å². The molecule has 1 atom stereocenters. The molecular weight excluding hydrogens is 152 g/mol. The zero-order valence-electron chi connectivity index (χ0n) is 8.55. The molecule has 3 heteroatoms. The van der Waals surface area contributed by atoms with Gasteiger partial charge in [0.15, 0.2) is 0 Å². The fraction of sp³-hybridized carbons (Fsp3) is 0.889. The highest BCUT2D eigenvalue weighted by atomic mass is 16.2. The largest absolute Gasteiger partial charge is 0.339 e. The summed E-state index contributed by atoms with van der Waals surface area (Å²) in [6.07, 6.45) is 1.02. The third-order valence-corrected chi connectivity index (χ3v) is 2.11. The topological polar surface area (TPSA) is 32.3 Å². The summed E-state index contributed by atoms with van der Waals surface area (Å²) in [7, 11) is 1.79. The number of carbonyl (C=O) groups excluding carboxylic acids is 1. The van der Waals surface area contributed by atoms with Crippen LogP contribution < -0.4 is 5.32 Å². The minimum atomic E-state index is 0.189. The highest BCUT2D eigenvalue weighted by Crippen LogP contribution is 2.02. The van der Waals surface area contributed by atoms with Gasteiger partial charge in [0.2, 0.25) is 5.91 Å². The minimum absolute atomic E-state index is 0.189. The molecule has 0 fully saturated rings. The Morgan fingerprint density at radius 3 is 2.42 bits per heavy atom. The van der Waals surface area contributed by atoms with Crippen LogP contribution in [0.4, 0.5) is 0 Å². The quantitative estimate of drug-likeness (QED) is 0.667. The van der Waals surface area contributed by atoms with Crippen molar-refractivity contribution >= 4 is 5.91 Å². The van der Waals surface area contributed by atoms with Crippen molar-refractivity contribution in [2.24, 2.45) is 0 Å². The third-order valence-electron chi connectivity index (χ3n) is 2.11. The average Bonchev–Trinajstić information content (AvgIpc) is 2.06. The van der Waals surface area contributed by atoms with Crippen LogP contribution in [0.1, 0.15) is 27.2 Å². The number of rotatable bonds is 5. The predicted molar refractivity (Wildman–Crippen MR) is 51.1 cm³/mol. The van der Waals surface area contributed by atoms with E-state index in [2.05, 4.69) is 19.2 Å². The SMILES string of the molecule is CCC(C)N(CC)C(=O)CNC. The second-order valence-electron chi connectivity index (χ2n) is 2.97. The van der Waals surface area contributed by atoms with Crippen LogP contribution in [0.3, 0.4) is 0 Å². The van der Waals surface area contributed by atoms with E-state index in [9.17, 15) is 4.79 Å². The number of hydrogen-bond donors (Lipinski definition) is 1. The maximum absolute atomic E-state index is 11.4. The molecule has 0 heterocycles. The molecule has 0 aliphatic heterocycles. The molecule has 0 saturated carbocycles. The first kappa shape index (κ1) is 11.4. The Labute approximate surface area is 75.1 Å². The first-order valence-electron chi connectivity index (χ1n) is 4.61. The highest BCUT2D eigenvalue weighted by molar-refractivity contribution is 5.78. The van der Waals surface area contributed by atoms with Gasteiger partial charge in [-0.15, -0.1) is 0 Å². The summed E-state index contributed by atoms with van der Waals surface area (Å²) in [5, 5.41) is 2.87. The van der Waals surface area contributed by atoms with Crippen molar-refractivity contribution in [3.05, 3.63) is 0 Å². The molecule has 0 radical (unpaired) electrons. The summed E-state index contributed by atoms with van der Waals surface area (Å²) in [5.41, 5.74) is 0. The maximum Gasteiger partial charge on any atom is 0.236 e. The molecule has 72 valence electrons. The smallest absolute Gasteiger partial charge is 0.236 e. The van der Waals surface area contributed by atoms with Crippen LogP contribution >= 0.6 is 0 Å². The second kappa shape index (κ2) is 6.00. The highest BCUT2D eigenvalue weighted by Gasteiger charge is 2.15. The summed E-state index contributed by atoms with van der Waals surface area (Å²) in [6, 6.07) is 0.357. The van der Waals surface area contributed by atoms with E-state index in [1.807, 2.05) is 11.8 Å². The zero-order valence-corrected chi connectivity index (χ0v) is 8.55. The van der Waals surface area contributed by atoms with E-state index in [4.69, 9.17) is 0 Å². The van der Waals surface area contributed by atoms with Crippen LogP contribution in [0.15, 0.2) is 0 Å². The molecule has 0 aromatic heterocycles. The van der Waals surface area contributed by atoms with Gasteiger partial charge in [-0.3, -0.25) is 4.79 Å². The monoisotopic (exact) mass is 172 g/mol. The van der Waals surface area contributed by atoms with Crippen molar-refractivity contribution in [2.45, 2.75) is 33.2 Å². The lowest BCUT2D eigenvalue weighted by atomic mass is 10.2. The van der Waals surface area contributed by atoms with Crippen LogP contribution in [-0.2, 0) is 4.79 Å². The summed E-state index contributed by atoms with van der Waals surface area (Å²) in [5.74, 6) is 0.189. The Kier molecular flexibility index (Phi) is 5.72. The van der Waals surface area contributed by atoms with Crippen molar-refractivity contribution in [1.82, 2.24) is 10.2 Å². The number of amides is 1. The Bertz CT molecular complexity index is 136. The maximum atomic E-state index is 11.4. The van der Waals surface area contributed by atoms with E-state index >= 15 is 0 Å². The molecule has 12 heavy (non-hydrogen) atoms. The van der Waals surface area contributed by atoms with Crippen LogP contribution in [0.2, 0.25) is 0 Å². The summed E-state index contributed by atoms with van der Waals surface area (Å²) >= 11 is 0. The van der Waals surface area contributed by atoms with E-state index in [1.165, 1.54) is 0 Å². The fourth-order valence-electron chi connectivity index (χ4n) is 1.21. The van der Waals surface area contributed by atoms with Crippen molar-refractivity contribution in [2.75, 3.05) is 20.1 Å². The van der Waals surface area contributed by atoms with Gasteiger partial charge < -0.3 is 10.2 Å². The third kappa shape index (κ3) is 3.22. The molecular formula is C9H20N2O. The van der Waals surface area contributed by atoms with Crippen molar-refractivity contribution in [3.63, 3.8) is 0 Å². The van der Waals surface area contributed by atoms with Crippen LogP contribution in [0.5, 0.6) is 0 Å². The van der Waals surface area contributed by atoms with Gasteiger partial charge in [-0.25, -0.2) is 0 Å². The van der Waals surface area contributed by atoms with E-state index in [1.54, 1.807) is 7.05 Å². The molecule has 0 spiro atoms. The Hall–Kier alpha value is -0.570. The first-order chi connectivity index (χ1) is 5.67. The average molecular weight is 172 g/mol. The van der Waals surface area contributed by atoms with Crippen LogP contribution in [0.25, 0.3) is 0 Å². The van der Waals surface area contributed by atoms with Gasteiger partial charge in [0.05, 0.1) is 6.54 Å². The normalized spacial score (nSPS) is 12.7. The molecule has 0 aromatic carbocycles. The van der Waals surface area contributed by atoms with E-state index < -0.39 is 0 Å². The van der Waals surface area contributed by atoms with E-state index in [0.29, 0.717) is 12.6 Å². The van der Waals surface area contributed by atoms with Gasteiger partial charge >= 0.3 is 0 Å². The van der Waals surface area contributed by atoms with Gasteiger partial charge in [0, 0.05) is 12.6 Å². The predicted octanol–water partition coefficient (Wildman–Crippen LogP) is 0.853. The molecule has 1 unspecified atom stereocenters. The fourth-order valence-corrected chi connectivity index (χ4v) is 1.21. The Morgan fingerprint density at radius 2 is 2.08 bits per heavy atom. The summed E-state index contributed by atoms with van der Waals surface area (Å²) in [4.78, 5) is 13.3. The minimum Gasteiger partial charge on any atom is -0.339 e. The zero-order chi connectivity index (χ0) is 9.56. The summed E-state index contributed by atoms with van der Waals surface area (Å²) < 4.78 is 0. The summed E-state index contributed by atoms with van der Waals surface area (Å²) in [6.45, 7) is 7.43.